The van der Waals surface area contributed by atoms with Gasteiger partial charge in [-0.3, -0.25) is 4.79 Å². The Hall–Kier alpha value is -2.10. The topological polar surface area (TPSA) is 55.4 Å². The minimum atomic E-state index is -0.649. The van der Waals surface area contributed by atoms with Crippen LogP contribution in [0.4, 0.5) is 0 Å². The molecule has 1 aromatic carbocycles. The number of rotatable bonds is 4. The average molecular weight is 247 g/mol. The maximum absolute atomic E-state index is 11.6. The minimum absolute atomic E-state index is 0.323. The number of carbonyl (C=O) groups is 2. The third-order valence-electron chi connectivity index (χ3n) is 2.52. The summed E-state index contributed by atoms with van der Waals surface area (Å²) in [6.45, 7) is 3.54. The van der Waals surface area contributed by atoms with E-state index in [1.807, 2.05) is 31.2 Å². The second kappa shape index (κ2) is 6.59. The van der Waals surface area contributed by atoms with E-state index in [-0.39, 0.29) is 5.91 Å². The monoisotopic (exact) mass is 247 g/mol. The van der Waals surface area contributed by atoms with Gasteiger partial charge in [-0.15, -0.1) is 0 Å². The first-order valence-electron chi connectivity index (χ1n) is 5.66. The molecule has 0 saturated carbocycles. The molecule has 4 nitrogen and oxygen atoms in total. The van der Waals surface area contributed by atoms with Gasteiger partial charge in [-0.25, -0.2) is 4.79 Å². The van der Waals surface area contributed by atoms with Crippen LogP contribution in [0.15, 0.2) is 30.3 Å². The van der Waals surface area contributed by atoms with E-state index in [4.69, 9.17) is 0 Å². The smallest absolute Gasteiger partial charge is 0.328 e. The lowest BCUT2D eigenvalue weighted by Crippen LogP contribution is -2.38. The molecular formula is C14H17NO3. The summed E-state index contributed by atoms with van der Waals surface area (Å²) in [5, 5.41) is 2.52. The van der Waals surface area contributed by atoms with Crippen molar-refractivity contribution in [3.8, 4) is 0 Å². The molecule has 1 amide bonds. The molecule has 0 aliphatic heterocycles. The van der Waals surface area contributed by atoms with Gasteiger partial charge in [0, 0.05) is 6.08 Å². The molecule has 1 rings (SSSR count). The van der Waals surface area contributed by atoms with Crippen molar-refractivity contribution in [1.29, 1.82) is 0 Å². The molecule has 0 spiro atoms. The van der Waals surface area contributed by atoms with Crippen molar-refractivity contribution in [3.63, 3.8) is 0 Å². The SMILES string of the molecule is COC(=O)C(C)NC(=O)C=Cc1ccccc1C. The molecule has 0 fully saturated rings. The Morgan fingerprint density at radius 1 is 1.33 bits per heavy atom. The molecule has 0 aromatic heterocycles. The van der Waals surface area contributed by atoms with Crippen molar-refractivity contribution in [2.24, 2.45) is 0 Å². The minimum Gasteiger partial charge on any atom is -0.467 e. The lowest BCUT2D eigenvalue weighted by molar-refractivity contribution is -0.144. The maximum Gasteiger partial charge on any atom is 0.328 e. The Balaban J connectivity index is 2.60. The number of hydrogen-bond acceptors (Lipinski definition) is 3. The molecule has 0 aliphatic rings. The Labute approximate surface area is 107 Å². The van der Waals surface area contributed by atoms with E-state index in [0.717, 1.165) is 11.1 Å². The van der Waals surface area contributed by atoms with Crippen LogP contribution < -0.4 is 5.32 Å². The Kier molecular flexibility index (Phi) is 5.11. The highest BCUT2D eigenvalue weighted by atomic mass is 16.5. The van der Waals surface area contributed by atoms with Crippen molar-refractivity contribution in [2.45, 2.75) is 19.9 Å². The fraction of sp³-hybridized carbons (Fsp3) is 0.286. The first-order valence-corrected chi connectivity index (χ1v) is 5.66. The van der Waals surface area contributed by atoms with Gasteiger partial charge >= 0.3 is 5.97 Å². The standard InChI is InChI=1S/C14H17NO3/c1-10-6-4-5-7-12(10)8-9-13(16)15-11(2)14(17)18-3/h4-9,11H,1-3H3,(H,15,16). The number of amides is 1. The predicted octanol–water partition coefficient (Wildman–Crippen LogP) is 1.69. The Morgan fingerprint density at radius 2 is 2.00 bits per heavy atom. The van der Waals surface area contributed by atoms with Gasteiger partial charge in [0.1, 0.15) is 6.04 Å². The number of hydrogen-bond donors (Lipinski definition) is 1. The molecular weight excluding hydrogens is 230 g/mol. The van der Waals surface area contributed by atoms with Crippen molar-refractivity contribution < 1.29 is 14.3 Å². The van der Waals surface area contributed by atoms with E-state index in [0.29, 0.717) is 0 Å². The highest BCUT2D eigenvalue weighted by molar-refractivity contribution is 5.94. The fourth-order valence-electron chi connectivity index (χ4n) is 1.44. The van der Waals surface area contributed by atoms with Crippen molar-refractivity contribution in [1.82, 2.24) is 5.32 Å². The second-order valence-electron chi connectivity index (χ2n) is 3.94. The fourth-order valence-corrected chi connectivity index (χ4v) is 1.44. The summed E-state index contributed by atoms with van der Waals surface area (Å²) in [6.07, 6.45) is 3.12. The van der Waals surface area contributed by atoms with Gasteiger partial charge in [-0.2, -0.15) is 0 Å². The molecule has 0 heterocycles. The molecule has 1 aromatic rings. The summed E-state index contributed by atoms with van der Waals surface area (Å²) < 4.78 is 4.52. The van der Waals surface area contributed by atoms with E-state index < -0.39 is 12.0 Å². The molecule has 4 heteroatoms. The number of nitrogens with one attached hydrogen (secondary N) is 1. The van der Waals surface area contributed by atoms with Crippen LogP contribution in [0.25, 0.3) is 6.08 Å². The lowest BCUT2D eigenvalue weighted by Gasteiger charge is -2.09. The first-order chi connectivity index (χ1) is 8.54. The second-order valence-corrected chi connectivity index (χ2v) is 3.94. The Morgan fingerprint density at radius 3 is 2.61 bits per heavy atom. The maximum atomic E-state index is 11.6. The largest absolute Gasteiger partial charge is 0.467 e. The van der Waals surface area contributed by atoms with Gasteiger partial charge in [-0.1, -0.05) is 24.3 Å². The number of methoxy groups -OCH3 is 1. The van der Waals surface area contributed by atoms with Crippen LogP contribution in [0.1, 0.15) is 18.1 Å². The third-order valence-corrected chi connectivity index (χ3v) is 2.52. The van der Waals surface area contributed by atoms with E-state index >= 15 is 0 Å². The zero-order valence-electron chi connectivity index (χ0n) is 10.8. The van der Waals surface area contributed by atoms with Gasteiger partial charge < -0.3 is 10.1 Å². The highest BCUT2D eigenvalue weighted by Crippen LogP contribution is 2.08. The number of esters is 1. The molecule has 18 heavy (non-hydrogen) atoms. The molecule has 0 radical (unpaired) electrons. The van der Waals surface area contributed by atoms with Crippen molar-refractivity contribution in [3.05, 3.63) is 41.5 Å². The van der Waals surface area contributed by atoms with E-state index in [9.17, 15) is 9.59 Å². The summed E-state index contributed by atoms with van der Waals surface area (Å²) in [7, 11) is 1.29. The summed E-state index contributed by atoms with van der Waals surface area (Å²) >= 11 is 0. The normalized spacial score (nSPS) is 12.2. The number of aryl methyl sites for hydroxylation is 1. The molecule has 1 N–H and O–H groups in total. The third kappa shape index (κ3) is 4.05. The summed E-state index contributed by atoms with van der Waals surface area (Å²) in [5.74, 6) is -0.788. The van der Waals surface area contributed by atoms with Crippen LogP contribution in [-0.4, -0.2) is 25.0 Å². The molecule has 0 saturated heterocycles. The van der Waals surface area contributed by atoms with Crippen LogP contribution in [0, 0.1) is 6.92 Å². The summed E-state index contributed by atoms with van der Waals surface area (Å²) in [5.41, 5.74) is 2.06. The predicted molar refractivity (Wildman–Crippen MR) is 69.8 cm³/mol. The lowest BCUT2D eigenvalue weighted by atomic mass is 10.1. The van der Waals surface area contributed by atoms with Gasteiger partial charge in [-0.05, 0) is 31.1 Å². The van der Waals surface area contributed by atoms with E-state index in [1.165, 1.54) is 13.2 Å². The van der Waals surface area contributed by atoms with Crippen molar-refractivity contribution in [2.75, 3.05) is 7.11 Å². The van der Waals surface area contributed by atoms with Gasteiger partial charge in [0.2, 0.25) is 5.91 Å². The zero-order chi connectivity index (χ0) is 13.5. The van der Waals surface area contributed by atoms with Gasteiger partial charge in [0.05, 0.1) is 7.11 Å². The molecule has 1 atom stereocenters. The molecule has 0 bridgehead atoms. The van der Waals surface area contributed by atoms with Crippen LogP contribution in [0.5, 0.6) is 0 Å². The van der Waals surface area contributed by atoms with Crippen LogP contribution in [-0.2, 0) is 14.3 Å². The van der Waals surface area contributed by atoms with E-state index in [1.54, 1.807) is 13.0 Å². The van der Waals surface area contributed by atoms with E-state index in [2.05, 4.69) is 10.1 Å². The van der Waals surface area contributed by atoms with Crippen molar-refractivity contribution >= 4 is 18.0 Å². The molecule has 1 unspecified atom stereocenters. The zero-order valence-corrected chi connectivity index (χ0v) is 10.8. The van der Waals surface area contributed by atoms with Gasteiger partial charge in [0.25, 0.3) is 0 Å². The first kappa shape index (κ1) is 14.0. The number of ether oxygens (including phenoxy) is 1. The number of carbonyl (C=O) groups excluding carboxylic acids is 2. The molecule has 0 aliphatic carbocycles. The highest BCUT2D eigenvalue weighted by Gasteiger charge is 2.13. The molecule has 96 valence electrons. The summed E-state index contributed by atoms with van der Waals surface area (Å²) in [6, 6.07) is 7.08. The van der Waals surface area contributed by atoms with Gasteiger partial charge in [0.15, 0.2) is 0 Å². The van der Waals surface area contributed by atoms with Crippen LogP contribution in [0.2, 0.25) is 0 Å². The van der Waals surface area contributed by atoms with Crippen LogP contribution in [0.3, 0.4) is 0 Å². The quantitative estimate of drug-likeness (QED) is 0.650. The van der Waals surface area contributed by atoms with Crippen LogP contribution >= 0.6 is 0 Å². The average Bonchev–Trinajstić information content (AvgIpc) is 2.36. The summed E-state index contributed by atoms with van der Waals surface area (Å²) in [4.78, 5) is 22.7. The Bertz CT molecular complexity index is 466. The number of benzene rings is 1.